The Kier molecular flexibility index (Phi) is 4.85. The number of likely N-dealkylation sites (tertiary alicyclic amines) is 1. The lowest BCUT2D eigenvalue weighted by molar-refractivity contribution is 0.115. The topological polar surface area (TPSA) is 61.5 Å². The Morgan fingerprint density at radius 2 is 1.97 bits per heavy atom. The van der Waals surface area contributed by atoms with Gasteiger partial charge in [-0.05, 0) is 68.5 Å². The van der Waals surface area contributed by atoms with E-state index in [1.165, 1.54) is 6.42 Å². The Hall–Kier alpha value is -3.02. The molecule has 0 bridgehead atoms. The fraction of sp³-hybridized carbons (Fsp3) is 0.417. The summed E-state index contributed by atoms with van der Waals surface area (Å²) in [6.07, 6.45) is 3.39. The molecule has 1 saturated heterocycles. The maximum absolute atomic E-state index is 13.2. The van der Waals surface area contributed by atoms with Gasteiger partial charge in [0.1, 0.15) is 18.2 Å². The SMILES string of the molecule is Cc1nc2ccc(-c3ccc4c(c3)CN(C(=O)N3CCCCC3C)CCO4)cc2[nH]1. The number of ether oxygens (including phenoxy) is 1. The molecule has 2 amide bonds. The van der Waals surface area contributed by atoms with Crippen molar-refractivity contribution in [2.75, 3.05) is 19.7 Å². The van der Waals surface area contributed by atoms with Crippen molar-refractivity contribution in [3.05, 3.63) is 47.8 Å². The molecule has 6 nitrogen and oxygen atoms in total. The van der Waals surface area contributed by atoms with E-state index in [4.69, 9.17) is 4.74 Å². The van der Waals surface area contributed by atoms with Crippen molar-refractivity contribution < 1.29 is 9.53 Å². The average molecular weight is 405 g/mol. The zero-order valence-electron chi connectivity index (χ0n) is 17.6. The first-order valence-electron chi connectivity index (χ1n) is 10.9. The zero-order valence-corrected chi connectivity index (χ0v) is 17.6. The molecule has 1 aromatic heterocycles. The summed E-state index contributed by atoms with van der Waals surface area (Å²) < 4.78 is 5.98. The molecule has 2 aliphatic heterocycles. The number of carbonyl (C=O) groups excluding carboxylic acids is 1. The fourth-order valence-electron chi connectivity index (χ4n) is 4.62. The van der Waals surface area contributed by atoms with E-state index in [-0.39, 0.29) is 6.03 Å². The van der Waals surface area contributed by atoms with E-state index in [0.29, 0.717) is 25.7 Å². The third kappa shape index (κ3) is 3.51. The second-order valence-corrected chi connectivity index (χ2v) is 8.47. The van der Waals surface area contributed by atoms with Gasteiger partial charge in [0.2, 0.25) is 0 Å². The monoisotopic (exact) mass is 404 g/mol. The van der Waals surface area contributed by atoms with Crippen LogP contribution in [-0.2, 0) is 6.54 Å². The molecule has 0 saturated carbocycles. The van der Waals surface area contributed by atoms with Crippen LogP contribution in [0.2, 0.25) is 0 Å². The Labute approximate surface area is 176 Å². The molecule has 2 aliphatic rings. The molecule has 0 radical (unpaired) electrons. The van der Waals surface area contributed by atoms with Crippen LogP contribution in [0.1, 0.15) is 37.6 Å². The number of nitrogens with one attached hydrogen (secondary N) is 1. The normalized spacial score (nSPS) is 19.3. The molecule has 1 N–H and O–H groups in total. The van der Waals surface area contributed by atoms with Crippen LogP contribution in [0.5, 0.6) is 5.75 Å². The van der Waals surface area contributed by atoms with Crippen molar-refractivity contribution in [3.8, 4) is 16.9 Å². The molecule has 30 heavy (non-hydrogen) atoms. The number of H-pyrrole nitrogens is 1. The van der Waals surface area contributed by atoms with Gasteiger partial charge in [-0.3, -0.25) is 0 Å². The molecule has 1 unspecified atom stereocenters. The number of hydrogen-bond acceptors (Lipinski definition) is 3. The zero-order chi connectivity index (χ0) is 20.7. The fourth-order valence-corrected chi connectivity index (χ4v) is 4.62. The number of aromatic nitrogens is 2. The van der Waals surface area contributed by atoms with Gasteiger partial charge in [0.05, 0.1) is 24.1 Å². The van der Waals surface area contributed by atoms with Gasteiger partial charge in [0.25, 0.3) is 0 Å². The van der Waals surface area contributed by atoms with E-state index in [1.54, 1.807) is 0 Å². The van der Waals surface area contributed by atoms with E-state index in [1.807, 2.05) is 28.9 Å². The van der Waals surface area contributed by atoms with E-state index >= 15 is 0 Å². The first-order valence-corrected chi connectivity index (χ1v) is 10.9. The number of benzene rings is 2. The van der Waals surface area contributed by atoms with Crippen molar-refractivity contribution in [3.63, 3.8) is 0 Å². The Morgan fingerprint density at radius 1 is 1.13 bits per heavy atom. The first kappa shape index (κ1) is 19.0. The molecule has 0 aliphatic carbocycles. The van der Waals surface area contributed by atoms with Gasteiger partial charge < -0.3 is 19.5 Å². The van der Waals surface area contributed by atoms with Crippen LogP contribution in [0.3, 0.4) is 0 Å². The Balaban J connectivity index is 1.43. The Morgan fingerprint density at radius 3 is 2.83 bits per heavy atom. The molecule has 0 spiro atoms. The molecule has 2 aromatic carbocycles. The number of carbonyl (C=O) groups is 1. The van der Waals surface area contributed by atoms with Gasteiger partial charge in [0.15, 0.2) is 0 Å². The van der Waals surface area contributed by atoms with Gasteiger partial charge >= 0.3 is 6.03 Å². The number of aryl methyl sites for hydroxylation is 1. The highest BCUT2D eigenvalue weighted by atomic mass is 16.5. The van der Waals surface area contributed by atoms with Crippen molar-refractivity contribution >= 4 is 17.1 Å². The number of hydrogen-bond donors (Lipinski definition) is 1. The molecule has 5 rings (SSSR count). The third-order valence-corrected chi connectivity index (χ3v) is 6.29. The van der Waals surface area contributed by atoms with Gasteiger partial charge in [-0.1, -0.05) is 12.1 Å². The summed E-state index contributed by atoms with van der Waals surface area (Å²) >= 11 is 0. The van der Waals surface area contributed by atoms with Crippen molar-refractivity contribution in [2.24, 2.45) is 0 Å². The highest BCUT2D eigenvalue weighted by Gasteiger charge is 2.29. The molecule has 6 heteroatoms. The first-order chi connectivity index (χ1) is 14.6. The van der Waals surface area contributed by atoms with Crippen molar-refractivity contribution in [1.82, 2.24) is 19.8 Å². The van der Waals surface area contributed by atoms with Gasteiger partial charge in [-0.2, -0.15) is 0 Å². The van der Waals surface area contributed by atoms with Crippen LogP contribution >= 0.6 is 0 Å². The molecule has 1 atom stereocenters. The third-order valence-electron chi connectivity index (χ3n) is 6.29. The minimum Gasteiger partial charge on any atom is -0.491 e. The summed E-state index contributed by atoms with van der Waals surface area (Å²) in [6.45, 7) is 6.70. The highest BCUT2D eigenvalue weighted by molar-refractivity contribution is 5.82. The maximum atomic E-state index is 13.2. The van der Waals surface area contributed by atoms with Crippen LogP contribution in [-0.4, -0.2) is 51.5 Å². The van der Waals surface area contributed by atoms with Crippen LogP contribution in [0.25, 0.3) is 22.2 Å². The summed E-state index contributed by atoms with van der Waals surface area (Å²) in [7, 11) is 0. The summed E-state index contributed by atoms with van der Waals surface area (Å²) in [5.74, 6) is 1.79. The van der Waals surface area contributed by atoms with Crippen LogP contribution in [0, 0.1) is 6.92 Å². The number of aromatic amines is 1. The van der Waals surface area contributed by atoms with E-state index < -0.39 is 0 Å². The lowest BCUT2D eigenvalue weighted by atomic mass is 10.0. The highest BCUT2D eigenvalue weighted by Crippen LogP contribution is 2.31. The van der Waals surface area contributed by atoms with Crippen LogP contribution < -0.4 is 4.74 Å². The second kappa shape index (κ2) is 7.67. The van der Waals surface area contributed by atoms with Crippen LogP contribution in [0.4, 0.5) is 4.79 Å². The number of rotatable bonds is 1. The largest absolute Gasteiger partial charge is 0.491 e. The maximum Gasteiger partial charge on any atom is 0.320 e. The lowest BCUT2D eigenvalue weighted by Crippen LogP contribution is -2.49. The predicted octanol–water partition coefficient (Wildman–Crippen LogP) is 4.73. The number of urea groups is 1. The predicted molar refractivity (Wildman–Crippen MR) is 118 cm³/mol. The quantitative estimate of drug-likeness (QED) is 0.638. The van der Waals surface area contributed by atoms with E-state index in [2.05, 4.69) is 41.2 Å². The molecular formula is C24H28N4O2. The molecule has 3 heterocycles. The lowest BCUT2D eigenvalue weighted by Gasteiger charge is -2.37. The molecule has 1 fully saturated rings. The summed E-state index contributed by atoms with van der Waals surface area (Å²) in [5.41, 5.74) is 5.31. The van der Waals surface area contributed by atoms with Crippen molar-refractivity contribution in [2.45, 2.75) is 45.7 Å². The number of piperidine rings is 1. The molecular weight excluding hydrogens is 376 g/mol. The van der Waals surface area contributed by atoms with Gasteiger partial charge in [-0.15, -0.1) is 0 Å². The van der Waals surface area contributed by atoms with Crippen LogP contribution in [0.15, 0.2) is 36.4 Å². The second-order valence-electron chi connectivity index (χ2n) is 8.47. The van der Waals surface area contributed by atoms with Gasteiger partial charge in [0, 0.05) is 18.2 Å². The van der Waals surface area contributed by atoms with E-state index in [0.717, 1.165) is 58.7 Å². The summed E-state index contributed by atoms with van der Waals surface area (Å²) in [6, 6.07) is 13.0. The van der Waals surface area contributed by atoms with E-state index in [9.17, 15) is 4.79 Å². The number of imidazole rings is 1. The van der Waals surface area contributed by atoms with Crippen molar-refractivity contribution in [1.29, 1.82) is 0 Å². The minimum atomic E-state index is 0.137. The minimum absolute atomic E-state index is 0.137. The summed E-state index contributed by atoms with van der Waals surface area (Å²) in [4.78, 5) is 25.0. The van der Waals surface area contributed by atoms with Gasteiger partial charge in [-0.25, -0.2) is 9.78 Å². The average Bonchev–Trinajstić information content (AvgIpc) is 2.99. The number of nitrogens with zero attached hydrogens (tertiary/aromatic N) is 3. The Bertz CT molecular complexity index is 1090. The molecule has 156 valence electrons. The molecule has 3 aromatic rings. The smallest absolute Gasteiger partial charge is 0.320 e. The summed E-state index contributed by atoms with van der Waals surface area (Å²) in [5, 5.41) is 0. The number of amides is 2. The number of fused-ring (bicyclic) bond motifs is 2. The standard InChI is InChI=1S/C24H28N4O2/c1-16-5-3-4-10-28(16)24(29)27-11-12-30-23-9-7-18(13-20(23)15-27)19-6-8-21-22(14-19)26-17(2)25-21/h6-9,13-14,16H,3-5,10-12,15H2,1-2H3,(H,25,26).